The summed E-state index contributed by atoms with van der Waals surface area (Å²) in [6, 6.07) is 5.22. The summed E-state index contributed by atoms with van der Waals surface area (Å²) in [5.41, 5.74) is 3.28. The quantitative estimate of drug-likeness (QED) is 0.652. The molecule has 4 rings (SSSR count). The molecule has 8 nitrogen and oxygen atoms in total. The Morgan fingerprint density at radius 1 is 1.19 bits per heavy atom. The van der Waals surface area contributed by atoms with Crippen molar-refractivity contribution in [3.63, 3.8) is 0 Å². The number of amides is 1. The standard InChI is InChI=1S/C23H27N5O3/c1-13-4-9-18(23(30)26-13)22(29)25-11-16-5-7-17(8-6-16)21-19(12-24-15(3)27-21)20-10-14(2)28-31-20/h4,9-10,12,16-17H,5-8,11H2,1-3H3,(H,25,29)(H,26,30). The molecule has 8 heteroatoms. The number of hydrogen-bond acceptors (Lipinski definition) is 6. The third-order valence-corrected chi connectivity index (χ3v) is 5.92. The van der Waals surface area contributed by atoms with Crippen LogP contribution in [0.4, 0.5) is 0 Å². The van der Waals surface area contributed by atoms with Crippen molar-refractivity contribution < 1.29 is 9.32 Å². The number of carbonyl (C=O) groups is 1. The van der Waals surface area contributed by atoms with Crippen molar-refractivity contribution in [3.05, 3.63) is 63.2 Å². The van der Waals surface area contributed by atoms with Crippen LogP contribution in [-0.2, 0) is 0 Å². The first kappa shape index (κ1) is 21.0. The summed E-state index contributed by atoms with van der Waals surface area (Å²) in [5, 5.41) is 6.92. The Bertz CT molecular complexity index is 1140. The number of aromatic nitrogens is 4. The average molecular weight is 422 g/mol. The lowest BCUT2D eigenvalue weighted by Gasteiger charge is -2.29. The zero-order chi connectivity index (χ0) is 22.0. The molecule has 1 amide bonds. The maximum atomic E-state index is 12.4. The summed E-state index contributed by atoms with van der Waals surface area (Å²) in [6.07, 6.45) is 5.73. The van der Waals surface area contributed by atoms with Gasteiger partial charge in [0.05, 0.1) is 17.0 Å². The van der Waals surface area contributed by atoms with Crippen molar-refractivity contribution in [1.29, 1.82) is 0 Å². The van der Waals surface area contributed by atoms with E-state index in [2.05, 4.69) is 20.4 Å². The van der Waals surface area contributed by atoms with E-state index in [1.165, 1.54) is 0 Å². The van der Waals surface area contributed by atoms with E-state index in [1.807, 2.05) is 26.1 Å². The van der Waals surface area contributed by atoms with Crippen LogP contribution >= 0.6 is 0 Å². The molecule has 3 aromatic rings. The number of aryl methyl sites for hydroxylation is 3. The normalized spacial score (nSPS) is 18.7. The molecule has 162 valence electrons. The molecule has 0 bridgehead atoms. The Balaban J connectivity index is 1.39. The predicted octanol–water partition coefficient (Wildman–Crippen LogP) is 3.45. The van der Waals surface area contributed by atoms with Gasteiger partial charge in [0.15, 0.2) is 5.76 Å². The minimum atomic E-state index is -0.351. The molecule has 0 radical (unpaired) electrons. The van der Waals surface area contributed by atoms with Gasteiger partial charge in [0.25, 0.3) is 11.5 Å². The highest BCUT2D eigenvalue weighted by Crippen LogP contribution is 2.38. The molecule has 0 atom stereocenters. The Labute approximate surface area is 180 Å². The lowest BCUT2D eigenvalue weighted by molar-refractivity contribution is 0.0941. The molecule has 1 aliphatic carbocycles. The summed E-state index contributed by atoms with van der Waals surface area (Å²) < 4.78 is 5.46. The van der Waals surface area contributed by atoms with Crippen LogP contribution in [0.1, 0.15) is 64.9 Å². The number of nitrogens with one attached hydrogen (secondary N) is 2. The minimum absolute atomic E-state index is 0.155. The van der Waals surface area contributed by atoms with Crippen molar-refractivity contribution in [2.45, 2.75) is 52.4 Å². The lowest BCUT2D eigenvalue weighted by atomic mass is 9.79. The van der Waals surface area contributed by atoms with Gasteiger partial charge in [-0.25, -0.2) is 9.97 Å². The largest absolute Gasteiger partial charge is 0.356 e. The summed E-state index contributed by atoms with van der Waals surface area (Å²) >= 11 is 0. The van der Waals surface area contributed by atoms with E-state index in [4.69, 9.17) is 9.51 Å². The van der Waals surface area contributed by atoms with E-state index >= 15 is 0 Å². The van der Waals surface area contributed by atoms with E-state index in [0.717, 1.165) is 54.2 Å². The third kappa shape index (κ3) is 4.73. The lowest BCUT2D eigenvalue weighted by Crippen LogP contribution is -2.34. The predicted molar refractivity (Wildman–Crippen MR) is 116 cm³/mol. The molecule has 1 aliphatic rings. The van der Waals surface area contributed by atoms with Crippen LogP contribution in [0, 0.1) is 26.7 Å². The van der Waals surface area contributed by atoms with E-state index in [1.54, 1.807) is 19.1 Å². The van der Waals surface area contributed by atoms with Crippen LogP contribution in [-0.4, -0.2) is 32.6 Å². The van der Waals surface area contributed by atoms with Gasteiger partial charge in [0.1, 0.15) is 11.4 Å². The van der Waals surface area contributed by atoms with Crippen LogP contribution in [0.15, 0.2) is 33.7 Å². The van der Waals surface area contributed by atoms with Gasteiger partial charge in [-0.15, -0.1) is 0 Å². The first-order chi connectivity index (χ1) is 14.9. The van der Waals surface area contributed by atoms with E-state index in [-0.39, 0.29) is 17.0 Å². The van der Waals surface area contributed by atoms with Crippen molar-refractivity contribution in [1.82, 2.24) is 25.4 Å². The maximum Gasteiger partial charge on any atom is 0.260 e. The SMILES string of the molecule is Cc1cc(-c2cnc(C)nc2C2CCC(CNC(=O)c3ccc(C)[nH]c3=O)CC2)on1. The molecule has 31 heavy (non-hydrogen) atoms. The molecule has 3 heterocycles. The van der Waals surface area contributed by atoms with Crippen molar-refractivity contribution in [2.75, 3.05) is 6.54 Å². The number of rotatable bonds is 5. The zero-order valence-electron chi connectivity index (χ0n) is 18.1. The summed E-state index contributed by atoms with van der Waals surface area (Å²) in [6.45, 7) is 6.14. The fraction of sp³-hybridized carbons (Fsp3) is 0.435. The van der Waals surface area contributed by atoms with Gasteiger partial charge >= 0.3 is 0 Å². The molecule has 3 aromatic heterocycles. The molecule has 0 unspecified atom stereocenters. The van der Waals surface area contributed by atoms with E-state index in [9.17, 15) is 9.59 Å². The second-order valence-electron chi connectivity index (χ2n) is 8.36. The Kier molecular flexibility index (Phi) is 5.97. The van der Waals surface area contributed by atoms with Crippen LogP contribution in [0.3, 0.4) is 0 Å². The number of H-pyrrole nitrogens is 1. The zero-order valence-corrected chi connectivity index (χ0v) is 18.1. The fourth-order valence-corrected chi connectivity index (χ4v) is 4.20. The number of aromatic amines is 1. The van der Waals surface area contributed by atoms with Crippen LogP contribution in [0.25, 0.3) is 11.3 Å². The van der Waals surface area contributed by atoms with E-state index < -0.39 is 0 Å². The molecule has 0 aliphatic heterocycles. The monoisotopic (exact) mass is 421 g/mol. The van der Waals surface area contributed by atoms with Gasteiger partial charge in [-0.2, -0.15) is 0 Å². The smallest absolute Gasteiger partial charge is 0.260 e. The first-order valence-corrected chi connectivity index (χ1v) is 10.7. The number of pyridine rings is 1. The summed E-state index contributed by atoms with van der Waals surface area (Å²) in [4.78, 5) is 36.1. The van der Waals surface area contributed by atoms with Gasteiger partial charge < -0.3 is 14.8 Å². The van der Waals surface area contributed by atoms with Crippen molar-refractivity contribution in [2.24, 2.45) is 5.92 Å². The maximum absolute atomic E-state index is 12.4. The van der Waals surface area contributed by atoms with Gasteiger partial charge in [0.2, 0.25) is 0 Å². The van der Waals surface area contributed by atoms with Crippen LogP contribution < -0.4 is 10.9 Å². The van der Waals surface area contributed by atoms with Crippen LogP contribution in [0.5, 0.6) is 0 Å². The van der Waals surface area contributed by atoms with Crippen molar-refractivity contribution in [3.8, 4) is 11.3 Å². The second-order valence-corrected chi connectivity index (χ2v) is 8.36. The number of hydrogen-bond donors (Lipinski definition) is 2. The third-order valence-electron chi connectivity index (χ3n) is 5.92. The van der Waals surface area contributed by atoms with Crippen LogP contribution in [0.2, 0.25) is 0 Å². The second kappa shape index (κ2) is 8.83. The minimum Gasteiger partial charge on any atom is -0.356 e. The number of nitrogens with zero attached hydrogens (tertiary/aromatic N) is 3. The van der Waals surface area contributed by atoms with Gasteiger partial charge in [0, 0.05) is 30.4 Å². The molecule has 1 fully saturated rings. The summed E-state index contributed by atoms with van der Waals surface area (Å²) in [5.74, 6) is 1.81. The average Bonchev–Trinajstić information content (AvgIpc) is 3.18. The van der Waals surface area contributed by atoms with Gasteiger partial charge in [-0.1, -0.05) is 5.16 Å². The molecule has 0 spiro atoms. The van der Waals surface area contributed by atoms with Gasteiger partial charge in [-0.05, 0) is 64.5 Å². The molecule has 2 N–H and O–H groups in total. The highest BCUT2D eigenvalue weighted by molar-refractivity contribution is 5.93. The Hall–Kier alpha value is -3.29. The van der Waals surface area contributed by atoms with Gasteiger partial charge in [-0.3, -0.25) is 9.59 Å². The fourth-order valence-electron chi connectivity index (χ4n) is 4.20. The number of carbonyl (C=O) groups excluding carboxylic acids is 1. The molecule has 0 aromatic carbocycles. The molecular formula is C23H27N5O3. The highest BCUT2D eigenvalue weighted by Gasteiger charge is 2.27. The molecule has 0 saturated heterocycles. The van der Waals surface area contributed by atoms with E-state index in [0.29, 0.717) is 24.1 Å². The Morgan fingerprint density at radius 2 is 1.97 bits per heavy atom. The molecular weight excluding hydrogens is 394 g/mol. The first-order valence-electron chi connectivity index (χ1n) is 10.7. The highest BCUT2D eigenvalue weighted by atomic mass is 16.5. The topological polar surface area (TPSA) is 114 Å². The Morgan fingerprint density at radius 3 is 2.65 bits per heavy atom. The summed E-state index contributed by atoms with van der Waals surface area (Å²) in [7, 11) is 0. The molecule has 1 saturated carbocycles. The van der Waals surface area contributed by atoms with Crippen molar-refractivity contribution >= 4 is 5.91 Å².